The maximum absolute atomic E-state index is 11.8. The first kappa shape index (κ1) is 14.7. The second-order valence-electron chi connectivity index (χ2n) is 3.36. The number of nitrogens with one attached hydrogen (secondary N) is 2. The molecule has 1 amide bonds. The summed E-state index contributed by atoms with van der Waals surface area (Å²) in [5, 5.41) is 0.328. The van der Waals surface area contributed by atoms with E-state index in [1.54, 1.807) is 19.9 Å². The molecule has 1 rings (SSSR count). The van der Waals surface area contributed by atoms with E-state index in [1.165, 1.54) is 12.1 Å². The molecule has 0 saturated carbocycles. The lowest BCUT2D eigenvalue weighted by molar-refractivity contribution is 0.150. The highest BCUT2D eigenvalue weighted by Crippen LogP contribution is 2.19. The summed E-state index contributed by atoms with van der Waals surface area (Å²) in [4.78, 5) is 12.8. The molecule has 1 aromatic rings. The largest absolute Gasteiger partial charge is 0.449 e. The van der Waals surface area contributed by atoms with Crippen LogP contribution in [-0.2, 0) is 14.8 Å². The molecule has 1 aromatic carbocycles. The SMILES string of the molecule is CCOC(=O)NNS(=O)(=O)c1ccc(C)c(Cl)c1. The van der Waals surface area contributed by atoms with Gasteiger partial charge in [-0.1, -0.05) is 17.7 Å². The number of rotatable bonds is 4. The van der Waals surface area contributed by atoms with E-state index < -0.39 is 16.1 Å². The van der Waals surface area contributed by atoms with Crippen molar-refractivity contribution in [2.24, 2.45) is 0 Å². The van der Waals surface area contributed by atoms with Crippen LogP contribution in [0.25, 0.3) is 0 Å². The summed E-state index contributed by atoms with van der Waals surface area (Å²) in [6, 6.07) is 4.25. The van der Waals surface area contributed by atoms with Crippen LogP contribution in [0.3, 0.4) is 0 Å². The van der Waals surface area contributed by atoms with Gasteiger partial charge in [0, 0.05) is 5.02 Å². The van der Waals surface area contributed by atoms with E-state index in [4.69, 9.17) is 11.6 Å². The van der Waals surface area contributed by atoms with Gasteiger partial charge in [-0.25, -0.2) is 18.6 Å². The van der Waals surface area contributed by atoms with Crippen LogP contribution in [0.1, 0.15) is 12.5 Å². The maximum Gasteiger partial charge on any atom is 0.422 e. The predicted molar refractivity (Wildman–Crippen MR) is 66.7 cm³/mol. The van der Waals surface area contributed by atoms with Crippen molar-refractivity contribution in [2.75, 3.05) is 6.61 Å². The van der Waals surface area contributed by atoms with Crippen LogP contribution < -0.4 is 10.3 Å². The molecule has 0 unspecified atom stereocenters. The Bertz CT molecular complexity index is 545. The monoisotopic (exact) mass is 292 g/mol. The predicted octanol–water partition coefficient (Wildman–Crippen LogP) is 1.59. The quantitative estimate of drug-likeness (QED) is 0.825. The molecule has 0 radical (unpaired) electrons. The highest BCUT2D eigenvalue weighted by Gasteiger charge is 2.16. The Balaban J connectivity index is 2.80. The van der Waals surface area contributed by atoms with Gasteiger partial charge in [-0.15, -0.1) is 4.83 Å². The lowest BCUT2D eigenvalue weighted by atomic mass is 10.2. The van der Waals surface area contributed by atoms with Crippen LogP contribution >= 0.6 is 11.6 Å². The first-order valence-corrected chi connectivity index (χ1v) is 6.93. The Labute approximate surface area is 110 Å². The van der Waals surface area contributed by atoms with Gasteiger partial charge in [0.05, 0.1) is 11.5 Å². The van der Waals surface area contributed by atoms with Crippen molar-refractivity contribution in [1.29, 1.82) is 0 Å². The molecule has 0 heterocycles. The lowest BCUT2D eigenvalue weighted by Crippen LogP contribution is -2.41. The number of benzene rings is 1. The Morgan fingerprint density at radius 3 is 2.67 bits per heavy atom. The van der Waals surface area contributed by atoms with Gasteiger partial charge in [-0.3, -0.25) is 0 Å². The van der Waals surface area contributed by atoms with Crippen LogP contribution in [0.15, 0.2) is 23.1 Å². The smallest absolute Gasteiger partial charge is 0.422 e. The molecular weight excluding hydrogens is 280 g/mol. The van der Waals surface area contributed by atoms with Gasteiger partial charge < -0.3 is 4.74 Å². The van der Waals surface area contributed by atoms with Gasteiger partial charge in [0.1, 0.15) is 0 Å². The Kier molecular flexibility index (Phi) is 4.94. The number of hydrazine groups is 1. The number of hydrogen-bond donors (Lipinski definition) is 2. The van der Waals surface area contributed by atoms with Crippen LogP contribution in [-0.4, -0.2) is 21.1 Å². The minimum absolute atomic E-state index is 0.0464. The molecule has 0 saturated heterocycles. The van der Waals surface area contributed by atoms with Crippen molar-refractivity contribution in [3.05, 3.63) is 28.8 Å². The fraction of sp³-hybridized carbons (Fsp3) is 0.300. The van der Waals surface area contributed by atoms with E-state index in [0.29, 0.717) is 5.02 Å². The highest BCUT2D eigenvalue weighted by molar-refractivity contribution is 7.89. The summed E-state index contributed by atoms with van der Waals surface area (Å²) in [5.74, 6) is 0. The van der Waals surface area contributed by atoms with E-state index in [9.17, 15) is 13.2 Å². The van der Waals surface area contributed by atoms with E-state index in [0.717, 1.165) is 5.56 Å². The zero-order chi connectivity index (χ0) is 13.8. The molecule has 0 bridgehead atoms. The van der Waals surface area contributed by atoms with Gasteiger partial charge >= 0.3 is 6.09 Å². The van der Waals surface area contributed by atoms with Crippen molar-refractivity contribution >= 4 is 27.7 Å². The van der Waals surface area contributed by atoms with Gasteiger partial charge in [0.2, 0.25) is 0 Å². The molecule has 0 atom stereocenters. The number of carbonyl (C=O) groups excluding carboxylic acids is 1. The molecule has 2 N–H and O–H groups in total. The highest BCUT2D eigenvalue weighted by atomic mass is 35.5. The third-order valence-corrected chi connectivity index (χ3v) is 3.67. The van der Waals surface area contributed by atoms with Crippen LogP contribution in [0.2, 0.25) is 5.02 Å². The van der Waals surface area contributed by atoms with Gasteiger partial charge in [-0.05, 0) is 31.5 Å². The molecular formula is C10H13ClN2O4S. The first-order chi connectivity index (χ1) is 8.36. The second kappa shape index (κ2) is 6.03. The van der Waals surface area contributed by atoms with E-state index >= 15 is 0 Å². The molecule has 0 aliphatic carbocycles. The Morgan fingerprint density at radius 2 is 2.11 bits per heavy atom. The Morgan fingerprint density at radius 1 is 1.44 bits per heavy atom. The van der Waals surface area contributed by atoms with Crippen molar-refractivity contribution < 1.29 is 17.9 Å². The number of sulfonamides is 1. The van der Waals surface area contributed by atoms with Crippen LogP contribution in [0.4, 0.5) is 4.79 Å². The molecule has 0 aliphatic rings. The van der Waals surface area contributed by atoms with Crippen molar-refractivity contribution in [3.8, 4) is 0 Å². The topological polar surface area (TPSA) is 84.5 Å². The fourth-order valence-electron chi connectivity index (χ4n) is 1.08. The van der Waals surface area contributed by atoms with Gasteiger partial charge in [-0.2, -0.15) is 0 Å². The summed E-state index contributed by atoms with van der Waals surface area (Å²) in [6.45, 7) is 3.50. The number of carbonyl (C=O) groups is 1. The van der Waals surface area contributed by atoms with Crippen molar-refractivity contribution in [1.82, 2.24) is 10.3 Å². The molecule has 0 spiro atoms. The second-order valence-corrected chi connectivity index (χ2v) is 5.45. The van der Waals surface area contributed by atoms with Crippen LogP contribution in [0, 0.1) is 6.92 Å². The maximum atomic E-state index is 11.8. The van der Waals surface area contributed by atoms with Crippen molar-refractivity contribution in [2.45, 2.75) is 18.7 Å². The van der Waals surface area contributed by atoms with E-state index in [1.807, 2.05) is 10.3 Å². The van der Waals surface area contributed by atoms with Crippen molar-refractivity contribution in [3.63, 3.8) is 0 Å². The third kappa shape index (κ3) is 3.86. The number of aryl methyl sites for hydroxylation is 1. The van der Waals surface area contributed by atoms with Gasteiger partial charge in [0.15, 0.2) is 0 Å². The normalized spacial score (nSPS) is 11.1. The van der Waals surface area contributed by atoms with E-state index in [-0.39, 0.29) is 11.5 Å². The zero-order valence-electron chi connectivity index (χ0n) is 9.86. The van der Waals surface area contributed by atoms with Gasteiger partial charge in [0.25, 0.3) is 10.0 Å². The number of amides is 1. The summed E-state index contributed by atoms with van der Waals surface area (Å²) < 4.78 is 28.0. The molecule has 0 aromatic heterocycles. The summed E-state index contributed by atoms with van der Waals surface area (Å²) in [7, 11) is -3.86. The zero-order valence-corrected chi connectivity index (χ0v) is 11.4. The molecule has 8 heteroatoms. The summed E-state index contributed by atoms with van der Waals surface area (Å²) in [5.41, 5.74) is 2.67. The lowest BCUT2D eigenvalue weighted by Gasteiger charge is -2.09. The minimum atomic E-state index is -3.86. The number of ether oxygens (including phenoxy) is 1. The van der Waals surface area contributed by atoms with Crippen LogP contribution in [0.5, 0.6) is 0 Å². The fourth-order valence-corrected chi connectivity index (χ4v) is 2.18. The first-order valence-electron chi connectivity index (χ1n) is 5.07. The summed E-state index contributed by atoms with van der Waals surface area (Å²) in [6.07, 6.45) is -0.876. The molecule has 6 nitrogen and oxygen atoms in total. The standard InChI is InChI=1S/C10H13ClN2O4S/c1-3-17-10(14)12-13-18(15,16)8-5-4-7(2)9(11)6-8/h4-6,13H,3H2,1-2H3,(H,12,14). The third-order valence-electron chi connectivity index (χ3n) is 2.02. The average molecular weight is 293 g/mol. The van der Waals surface area contributed by atoms with E-state index in [2.05, 4.69) is 4.74 Å². The number of halogens is 1. The molecule has 100 valence electrons. The average Bonchev–Trinajstić information content (AvgIpc) is 2.30. The molecule has 0 aliphatic heterocycles. The minimum Gasteiger partial charge on any atom is -0.449 e. The number of hydrogen-bond acceptors (Lipinski definition) is 4. The Hall–Kier alpha value is -1.31. The molecule has 18 heavy (non-hydrogen) atoms. The molecule has 0 fully saturated rings. The summed E-state index contributed by atoms with van der Waals surface area (Å²) >= 11 is 5.83.